The Morgan fingerprint density at radius 1 is 0.973 bits per heavy atom. The number of hydrogen-bond acceptors (Lipinski definition) is 8. The van der Waals surface area contributed by atoms with Gasteiger partial charge in [-0.05, 0) is 31.5 Å². The normalized spacial score (nSPS) is 11.6. The molecule has 37 heavy (non-hydrogen) atoms. The van der Waals surface area contributed by atoms with E-state index in [2.05, 4.69) is 20.6 Å². The zero-order valence-electron chi connectivity index (χ0n) is 21.0. The minimum absolute atomic E-state index is 0.0271. The van der Waals surface area contributed by atoms with Gasteiger partial charge in [0.15, 0.2) is 28.5 Å². The number of halogens is 3. The van der Waals surface area contributed by atoms with Gasteiger partial charge in [0.25, 0.3) is 0 Å². The minimum Gasteiger partial charge on any atom is -0.493 e. The summed E-state index contributed by atoms with van der Waals surface area (Å²) in [5, 5.41) is 6.38. The summed E-state index contributed by atoms with van der Waals surface area (Å²) in [4.78, 5) is 13.4. The predicted octanol–water partition coefficient (Wildman–Crippen LogP) is 5.81. The maximum absolute atomic E-state index is 13.1. The summed E-state index contributed by atoms with van der Waals surface area (Å²) in [6.45, 7) is 4.10. The van der Waals surface area contributed by atoms with E-state index in [0.717, 1.165) is 12.1 Å². The van der Waals surface area contributed by atoms with E-state index >= 15 is 0 Å². The number of fused-ring (bicyclic) bond motifs is 1. The number of methoxy groups -OCH3 is 3. The maximum atomic E-state index is 13.1. The van der Waals surface area contributed by atoms with Gasteiger partial charge in [0.2, 0.25) is 11.7 Å². The van der Waals surface area contributed by atoms with Crippen LogP contribution in [0, 0.1) is 0 Å². The van der Waals surface area contributed by atoms with Crippen LogP contribution in [0.15, 0.2) is 42.7 Å². The summed E-state index contributed by atoms with van der Waals surface area (Å²) >= 11 is 0. The molecule has 0 aliphatic heterocycles. The molecule has 196 valence electrons. The molecule has 12 heteroatoms. The average Bonchev–Trinajstić information content (AvgIpc) is 3.25. The Kier molecular flexibility index (Phi) is 7.28. The number of benzene rings is 2. The molecule has 0 amide bonds. The molecule has 4 aromatic rings. The molecule has 9 nitrogen and oxygen atoms in total. The molecule has 0 unspecified atom stereocenters. The molecule has 0 radical (unpaired) electrons. The molecule has 0 atom stereocenters. The zero-order valence-corrected chi connectivity index (χ0v) is 21.0. The van der Waals surface area contributed by atoms with Crippen LogP contribution in [-0.2, 0) is 12.7 Å². The highest BCUT2D eigenvalue weighted by molar-refractivity contribution is 5.86. The topological polar surface area (TPSA) is 95.4 Å². The van der Waals surface area contributed by atoms with Gasteiger partial charge in [-0.25, -0.2) is 15.0 Å². The van der Waals surface area contributed by atoms with Gasteiger partial charge < -0.3 is 24.8 Å². The summed E-state index contributed by atoms with van der Waals surface area (Å²) in [6, 6.07) is 8.62. The van der Waals surface area contributed by atoms with Gasteiger partial charge in [-0.2, -0.15) is 13.2 Å². The number of ether oxygens (including phenoxy) is 3. The number of imidazole rings is 1. The third-order valence-corrected chi connectivity index (χ3v) is 5.63. The quantitative estimate of drug-likeness (QED) is 0.288. The fraction of sp³-hybridized carbons (Fsp3) is 0.320. The lowest BCUT2D eigenvalue weighted by atomic mass is 10.1. The molecule has 4 rings (SSSR count). The van der Waals surface area contributed by atoms with E-state index in [1.165, 1.54) is 33.7 Å². The Labute approximate surface area is 211 Å². The molecule has 0 aliphatic rings. The van der Waals surface area contributed by atoms with Gasteiger partial charge in [0, 0.05) is 30.4 Å². The molecule has 2 heterocycles. The SMILES string of the molecule is COc1cc(Nc2nc3c(NCc4cccc(C(F)(F)F)c4)ncnc3n2C(C)C)cc(OC)c1OC. The van der Waals surface area contributed by atoms with Gasteiger partial charge >= 0.3 is 6.18 Å². The molecule has 0 saturated heterocycles. The Morgan fingerprint density at radius 2 is 1.68 bits per heavy atom. The predicted molar refractivity (Wildman–Crippen MR) is 134 cm³/mol. The van der Waals surface area contributed by atoms with Crippen LogP contribution in [0.1, 0.15) is 31.0 Å². The van der Waals surface area contributed by atoms with Crippen molar-refractivity contribution in [3.63, 3.8) is 0 Å². The molecule has 0 saturated carbocycles. The number of nitrogens with zero attached hydrogens (tertiary/aromatic N) is 4. The van der Waals surface area contributed by atoms with Gasteiger partial charge in [0.1, 0.15) is 6.33 Å². The van der Waals surface area contributed by atoms with Crippen molar-refractivity contribution < 1.29 is 27.4 Å². The van der Waals surface area contributed by atoms with Gasteiger partial charge in [0.05, 0.1) is 26.9 Å². The third-order valence-electron chi connectivity index (χ3n) is 5.63. The van der Waals surface area contributed by atoms with E-state index in [1.807, 2.05) is 18.4 Å². The number of hydrogen-bond donors (Lipinski definition) is 2. The maximum Gasteiger partial charge on any atom is 0.416 e. The number of nitrogens with one attached hydrogen (secondary N) is 2. The highest BCUT2D eigenvalue weighted by Gasteiger charge is 2.30. The molecule has 0 bridgehead atoms. The van der Waals surface area contributed by atoms with Crippen LogP contribution in [0.3, 0.4) is 0 Å². The second-order valence-electron chi connectivity index (χ2n) is 8.38. The molecule has 0 spiro atoms. The summed E-state index contributed by atoms with van der Waals surface area (Å²) < 4.78 is 57.5. The van der Waals surface area contributed by atoms with Crippen molar-refractivity contribution >= 4 is 28.6 Å². The molecular weight excluding hydrogens is 489 g/mol. The second-order valence-corrected chi connectivity index (χ2v) is 8.38. The number of anilines is 3. The van der Waals surface area contributed by atoms with E-state index in [0.29, 0.717) is 51.4 Å². The van der Waals surface area contributed by atoms with Crippen LogP contribution < -0.4 is 24.8 Å². The van der Waals surface area contributed by atoms with E-state index in [4.69, 9.17) is 19.2 Å². The first-order chi connectivity index (χ1) is 17.7. The lowest BCUT2D eigenvalue weighted by molar-refractivity contribution is -0.137. The first-order valence-electron chi connectivity index (χ1n) is 11.4. The summed E-state index contributed by atoms with van der Waals surface area (Å²) in [6.07, 6.45) is -3.03. The van der Waals surface area contributed by atoms with Crippen molar-refractivity contribution in [2.24, 2.45) is 0 Å². The molecule has 2 aromatic carbocycles. The lowest BCUT2D eigenvalue weighted by Crippen LogP contribution is -2.08. The van der Waals surface area contributed by atoms with Gasteiger partial charge in [-0.15, -0.1) is 0 Å². The van der Waals surface area contributed by atoms with Crippen LogP contribution in [0.25, 0.3) is 11.2 Å². The molecule has 2 aromatic heterocycles. The Balaban J connectivity index is 1.69. The third kappa shape index (κ3) is 5.32. The van der Waals surface area contributed by atoms with Crippen molar-refractivity contribution in [3.05, 3.63) is 53.9 Å². The number of alkyl halides is 3. The first-order valence-corrected chi connectivity index (χ1v) is 11.4. The average molecular weight is 517 g/mol. The Bertz CT molecular complexity index is 1380. The van der Waals surface area contributed by atoms with Crippen LogP contribution in [0.4, 0.5) is 30.6 Å². The molecule has 0 fully saturated rings. The number of rotatable bonds is 9. The minimum atomic E-state index is -4.42. The van der Waals surface area contributed by atoms with Crippen molar-refractivity contribution in [2.75, 3.05) is 32.0 Å². The van der Waals surface area contributed by atoms with Crippen molar-refractivity contribution in [1.82, 2.24) is 19.5 Å². The van der Waals surface area contributed by atoms with Crippen molar-refractivity contribution in [1.29, 1.82) is 0 Å². The zero-order chi connectivity index (χ0) is 26.7. The van der Waals surface area contributed by atoms with E-state index < -0.39 is 11.7 Å². The van der Waals surface area contributed by atoms with Crippen LogP contribution in [-0.4, -0.2) is 40.8 Å². The van der Waals surface area contributed by atoms with E-state index in [9.17, 15) is 13.2 Å². The smallest absolute Gasteiger partial charge is 0.416 e. The van der Waals surface area contributed by atoms with Gasteiger partial charge in [-0.1, -0.05) is 12.1 Å². The fourth-order valence-electron chi connectivity index (χ4n) is 3.94. The summed E-state index contributed by atoms with van der Waals surface area (Å²) in [5.74, 6) is 2.29. The van der Waals surface area contributed by atoms with E-state index in [1.54, 1.807) is 18.2 Å². The first kappa shape index (κ1) is 25.9. The van der Waals surface area contributed by atoms with Crippen LogP contribution in [0.2, 0.25) is 0 Å². The van der Waals surface area contributed by atoms with Crippen LogP contribution >= 0.6 is 0 Å². The van der Waals surface area contributed by atoms with E-state index in [-0.39, 0.29) is 12.6 Å². The summed E-state index contributed by atoms with van der Waals surface area (Å²) in [7, 11) is 4.59. The molecule has 0 aliphatic carbocycles. The largest absolute Gasteiger partial charge is 0.493 e. The standard InChI is InChI=1S/C25H27F3N6O3/c1-14(2)34-23-20(33-24(34)32-17-10-18(35-3)21(37-5)19(11-17)36-4)22(30-13-31-23)29-12-15-7-6-8-16(9-15)25(26,27)28/h6-11,13-14H,12H2,1-5H3,(H,32,33)(H,29,30,31). The van der Waals surface area contributed by atoms with Crippen molar-refractivity contribution in [3.8, 4) is 17.2 Å². The second kappa shape index (κ2) is 10.4. The van der Waals surface area contributed by atoms with Crippen molar-refractivity contribution in [2.45, 2.75) is 32.6 Å². The summed E-state index contributed by atoms with van der Waals surface area (Å²) in [5.41, 5.74) is 1.42. The molecule has 2 N–H and O–H groups in total. The Morgan fingerprint density at radius 3 is 2.27 bits per heavy atom. The fourth-order valence-corrected chi connectivity index (χ4v) is 3.94. The monoisotopic (exact) mass is 516 g/mol. The highest BCUT2D eigenvalue weighted by atomic mass is 19.4. The van der Waals surface area contributed by atoms with Crippen LogP contribution in [0.5, 0.6) is 17.2 Å². The lowest BCUT2D eigenvalue weighted by Gasteiger charge is -2.16. The van der Waals surface area contributed by atoms with Gasteiger partial charge in [-0.3, -0.25) is 4.57 Å². The molecular formula is C25H27F3N6O3. The Hall–Kier alpha value is -4.22. The number of aromatic nitrogens is 4. The highest BCUT2D eigenvalue weighted by Crippen LogP contribution is 2.41.